The molecule has 160 valence electrons. The number of benzene rings is 2. The van der Waals surface area contributed by atoms with Gasteiger partial charge in [-0.15, -0.1) is 0 Å². The average molecular weight is 413 g/mol. The number of nitrogens with zero attached hydrogens (tertiary/aromatic N) is 4. The predicted molar refractivity (Wildman–Crippen MR) is 117 cm³/mol. The topological polar surface area (TPSA) is 123 Å². The molecule has 0 saturated heterocycles. The minimum atomic E-state index is -0.803. The highest BCUT2D eigenvalue weighted by molar-refractivity contribution is 5.60. The molecule has 2 aromatic carbocycles. The van der Waals surface area contributed by atoms with Crippen LogP contribution in [0, 0.1) is 20.2 Å². The molecule has 0 amide bonds. The number of nitro groups is 2. The maximum atomic E-state index is 11.0. The van der Waals surface area contributed by atoms with E-state index in [1.807, 2.05) is 12.1 Å². The van der Waals surface area contributed by atoms with Gasteiger partial charge >= 0.3 is 11.4 Å². The third-order valence-corrected chi connectivity index (χ3v) is 4.61. The van der Waals surface area contributed by atoms with E-state index in [2.05, 4.69) is 22.5 Å². The molecule has 0 spiro atoms. The van der Waals surface area contributed by atoms with Crippen LogP contribution in [0.25, 0.3) is 0 Å². The van der Waals surface area contributed by atoms with Gasteiger partial charge in [0.05, 0.1) is 27.3 Å². The van der Waals surface area contributed by atoms with Crippen LogP contribution in [0.3, 0.4) is 0 Å². The zero-order chi connectivity index (χ0) is 21.8. The molecule has 0 heterocycles. The molecule has 1 N–H and O–H groups in total. The van der Waals surface area contributed by atoms with Crippen LogP contribution in [0.5, 0.6) is 0 Å². The minimum absolute atomic E-state index is 0.174. The van der Waals surface area contributed by atoms with Crippen molar-refractivity contribution in [1.82, 2.24) is 0 Å². The first-order valence-electron chi connectivity index (χ1n) is 10.2. The highest BCUT2D eigenvalue weighted by atomic mass is 16.6. The molecule has 0 unspecified atom stereocenters. The molecular weight excluding hydrogens is 386 g/mol. The number of unbranched alkanes of at least 4 members (excludes halogenated alkanes) is 6. The third-order valence-electron chi connectivity index (χ3n) is 4.61. The summed E-state index contributed by atoms with van der Waals surface area (Å²) >= 11 is 0. The summed E-state index contributed by atoms with van der Waals surface area (Å²) in [5.41, 5.74) is 0.563. The lowest BCUT2D eigenvalue weighted by Crippen LogP contribution is -2.00. The normalized spacial score (nSPS) is 11.0. The lowest BCUT2D eigenvalue weighted by atomic mass is 10.1. The highest BCUT2D eigenvalue weighted by Gasteiger charge is 2.24. The first-order chi connectivity index (χ1) is 14.5. The number of azo groups is 1. The van der Waals surface area contributed by atoms with Gasteiger partial charge in [0, 0.05) is 18.3 Å². The van der Waals surface area contributed by atoms with Crippen molar-refractivity contribution >= 4 is 28.4 Å². The van der Waals surface area contributed by atoms with Gasteiger partial charge in [0.25, 0.3) is 0 Å². The number of hydrogen-bond donors (Lipinski definition) is 1. The molecule has 2 aromatic rings. The van der Waals surface area contributed by atoms with E-state index in [4.69, 9.17) is 0 Å². The van der Waals surface area contributed by atoms with Crippen molar-refractivity contribution in [3.63, 3.8) is 0 Å². The lowest BCUT2D eigenvalue weighted by Gasteiger charge is -2.06. The summed E-state index contributed by atoms with van der Waals surface area (Å²) in [5.74, 6) is 0. The van der Waals surface area contributed by atoms with Crippen molar-refractivity contribution in [3.05, 3.63) is 62.7 Å². The van der Waals surface area contributed by atoms with Gasteiger partial charge in [-0.25, -0.2) is 0 Å². The van der Waals surface area contributed by atoms with Crippen molar-refractivity contribution in [1.29, 1.82) is 0 Å². The highest BCUT2D eigenvalue weighted by Crippen LogP contribution is 2.31. The Kier molecular flexibility index (Phi) is 9.36. The fourth-order valence-electron chi connectivity index (χ4n) is 2.95. The first-order valence-corrected chi connectivity index (χ1v) is 10.2. The van der Waals surface area contributed by atoms with Gasteiger partial charge in [-0.2, -0.15) is 10.2 Å². The van der Waals surface area contributed by atoms with Crippen LogP contribution in [0.15, 0.2) is 52.7 Å². The zero-order valence-corrected chi connectivity index (χ0v) is 17.1. The van der Waals surface area contributed by atoms with Gasteiger partial charge < -0.3 is 5.32 Å². The molecule has 9 nitrogen and oxygen atoms in total. The molecule has 0 fully saturated rings. The molecule has 0 atom stereocenters. The number of hydrogen-bond acceptors (Lipinski definition) is 7. The number of rotatable bonds is 13. The molecule has 0 aliphatic carbocycles. The summed E-state index contributed by atoms with van der Waals surface area (Å²) in [6.45, 7) is 3.14. The first kappa shape index (κ1) is 22.9. The quantitative estimate of drug-likeness (QED) is 0.163. The summed E-state index contributed by atoms with van der Waals surface area (Å²) in [5, 5.41) is 33.2. The number of nitrogens with one attached hydrogen (secondary N) is 1. The minimum Gasteiger partial charge on any atom is -0.385 e. The van der Waals surface area contributed by atoms with Crippen LogP contribution in [-0.2, 0) is 0 Å². The van der Waals surface area contributed by atoms with Crippen LogP contribution >= 0.6 is 0 Å². The Morgan fingerprint density at radius 2 is 1.33 bits per heavy atom. The number of anilines is 1. The van der Waals surface area contributed by atoms with Gasteiger partial charge in [-0.3, -0.25) is 20.2 Å². The van der Waals surface area contributed by atoms with Gasteiger partial charge in [0.2, 0.25) is 0 Å². The second-order valence-electron chi connectivity index (χ2n) is 6.98. The Balaban J connectivity index is 1.84. The lowest BCUT2D eigenvalue weighted by molar-refractivity contribution is -0.422. The van der Waals surface area contributed by atoms with Gasteiger partial charge in [0.15, 0.2) is 0 Å². The molecule has 30 heavy (non-hydrogen) atoms. The average Bonchev–Trinajstić information content (AvgIpc) is 2.74. The molecule has 2 rings (SSSR count). The van der Waals surface area contributed by atoms with E-state index in [0.717, 1.165) is 30.8 Å². The molecular formula is C21H27N5O4. The molecule has 0 aliphatic rings. The van der Waals surface area contributed by atoms with Crippen LogP contribution < -0.4 is 5.32 Å². The SMILES string of the molecule is CCCCCCCCCNc1ccc(N=Nc2ccc([N+](=O)[O-])c([N+](=O)[O-])c2)cc1. The Labute approximate surface area is 175 Å². The summed E-state index contributed by atoms with van der Waals surface area (Å²) in [7, 11) is 0. The zero-order valence-electron chi connectivity index (χ0n) is 17.1. The van der Waals surface area contributed by atoms with Crippen molar-refractivity contribution in [2.45, 2.75) is 51.9 Å². The largest absolute Gasteiger partial charge is 0.385 e. The van der Waals surface area contributed by atoms with Crippen molar-refractivity contribution in [2.75, 3.05) is 11.9 Å². The van der Waals surface area contributed by atoms with Crippen LogP contribution in [0.4, 0.5) is 28.4 Å². The predicted octanol–water partition coefficient (Wildman–Crippen LogP) is 7.08. The monoisotopic (exact) mass is 413 g/mol. The standard InChI is InChI=1S/C21H27N5O4/c1-2-3-4-5-6-7-8-15-22-17-9-11-18(12-10-17)23-24-19-13-14-20(25(27)28)21(16-19)26(29)30/h9-14,16,22H,2-8,15H2,1H3. The Morgan fingerprint density at radius 3 is 1.97 bits per heavy atom. The van der Waals surface area contributed by atoms with Gasteiger partial charge in [-0.1, -0.05) is 45.4 Å². The maximum Gasteiger partial charge on any atom is 0.348 e. The molecule has 0 aliphatic heterocycles. The van der Waals surface area contributed by atoms with E-state index < -0.39 is 21.2 Å². The second-order valence-corrected chi connectivity index (χ2v) is 6.98. The van der Waals surface area contributed by atoms with Crippen molar-refractivity contribution < 1.29 is 9.85 Å². The summed E-state index contributed by atoms with van der Waals surface area (Å²) in [6, 6.07) is 10.8. The Morgan fingerprint density at radius 1 is 0.767 bits per heavy atom. The van der Waals surface area contributed by atoms with Crippen LogP contribution in [0.1, 0.15) is 51.9 Å². The smallest absolute Gasteiger partial charge is 0.348 e. The van der Waals surface area contributed by atoms with Crippen molar-refractivity contribution in [2.24, 2.45) is 10.2 Å². The van der Waals surface area contributed by atoms with Crippen LogP contribution in [-0.4, -0.2) is 16.4 Å². The fraction of sp³-hybridized carbons (Fsp3) is 0.429. The third kappa shape index (κ3) is 7.57. The van der Waals surface area contributed by atoms with E-state index >= 15 is 0 Å². The second kappa shape index (κ2) is 12.3. The van der Waals surface area contributed by atoms with E-state index in [-0.39, 0.29) is 5.69 Å². The Bertz CT molecular complexity index is 868. The Hall–Kier alpha value is -3.36. The number of nitro benzene ring substituents is 2. The van der Waals surface area contributed by atoms with E-state index in [1.165, 1.54) is 44.6 Å². The van der Waals surface area contributed by atoms with E-state index in [1.54, 1.807) is 12.1 Å². The molecule has 0 saturated carbocycles. The maximum absolute atomic E-state index is 11.0. The van der Waals surface area contributed by atoms with Gasteiger partial charge in [0.1, 0.15) is 0 Å². The van der Waals surface area contributed by atoms with Gasteiger partial charge in [-0.05, 0) is 36.8 Å². The molecule has 9 heteroatoms. The molecule has 0 radical (unpaired) electrons. The van der Waals surface area contributed by atoms with E-state index in [9.17, 15) is 20.2 Å². The fourth-order valence-corrected chi connectivity index (χ4v) is 2.95. The summed E-state index contributed by atoms with van der Waals surface area (Å²) in [4.78, 5) is 20.3. The van der Waals surface area contributed by atoms with Crippen LogP contribution in [0.2, 0.25) is 0 Å². The summed E-state index contributed by atoms with van der Waals surface area (Å²) < 4.78 is 0. The molecule has 0 bridgehead atoms. The summed E-state index contributed by atoms with van der Waals surface area (Å²) in [6.07, 6.45) is 8.87. The molecule has 0 aromatic heterocycles. The van der Waals surface area contributed by atoms with E-state index in [0.29, 0.717) is 5.69 Å². The van der Waals surface area contributed by atoms with Crippen molar-refractivity contribution in [3.8, 4) is 0 Å².